The molecule has 1 aromatic carbocycles. The molecule has 124 valence electrons. The number of aromatic nitrogens is 2. The Balaban J connectivity index is 1.81. The van der Waals surface area contributed by atoms with E-state index in [2.05, 4.69) is 60.4 Å². The molecule has 1 aliphatic rings. The van der Waals surface area contributed by atoms with Crippen molar-refractivity contribution in [3.05, 3.63) is 41.9 Å². The molecule has 0 bridgehead atoms. The van der Waals surface area contributed by atoms with Crippen molar-refractivity contribution in [1.29, 1.82) is 0 Å². The number of likely N-dealkylation sites (tertiary alicyclic amines) is 1. The first kappa shape index (κ1) is 16.6. The molecular formula is C19H27N3S. The Bertz CT molecular complexity index is 637. The fraction of sp³-hybridized carbons (Fsp3) is 0.526. The summed E-state index contributed by atoms with van der Waals surface area (Å²) in [6.45, 7) is 6.80. The van der Waals surface area contributed by atoms with Crippen LogP contribution in [0.2, 0.25) is 0 Å². The molecular weight excluding hydrogens is 302 g/mol. The Morgan fingerprint density at radius 2 is 2.17 bits per heavy atom. The van der Waals surface area contributed by atoms with Gasteiger partial charge in [0.2, 0.25) is 0 Å². The molecule has 4 heteroatoms. The Morgan fingerprint density at radius 3 is 2.96 bits per heavy atom. The molecule has 1 saturated heterocycles. The van der Waals surface area contributed by atoms with E-state index in [0.29, 0.717) is 11.3 Å². The summed E-state index contributed by atoms with van der Waals surface area (Å²) >= 11 is 1.95. The normalized spacial score (nSPS) is 20.6. The SMILES string of the molecule is CSC(C)CN1CCCCC1c1nc(-c2ccccc2C)c[nH]1. The van der Waals surface area contributed by atoms with E-state index in [0.717, 1.165) is 18.1 Å². The molecule has 3 rings (SSSR count). The standard InChI is InChI=1S/C19H27N3S/c1-14-8-4-5-9-16(14)17-12-20-19(21-17)18-10-6-7-11-22(18)13-15(2)23-3/h4-5,8-9,12,15,18H,6-7,10-11,13H2,1-3H3,(H,20,21). The predicted molar refractivity (Wildman–Crippen MR) is 99.9 cm³/mol. The number of thioether (sulfide) groups is 1. The van der Waals surface area contributed by atoms with E-state index >= 15 is 0 Å². The first-order valence-corrected chi connectivity index (χ1v) is 9.86. The second-order valence-electron chi connectivity index (χ2n) is 6.54. The van der Waals surface area contributed by atoms with Crippen LogP contribution in [0, 0.1) is 6.92 Å². The van der Waals surface area contributed by atoms with Crippen LogP contribution in [0.4, 0.5) is 0 Å². The second-order valence-corrected chi connectivity index (χ2v) is 7.81. The number of piperidine rings is 1. The molecule has 2 heterocycles. The molecule has 0 amide bonds. The molecule has 0 radical (unpaired) electrons. The van der Waals surface area contributed by atoms with Gasteiger partial charge in [0, 0.05) is 23.6 Å². The maximum absolute atomic E-state index is 4.94. The topological polar surface area (TPSA) is 31.9 Å². The number of hydrogen-bond acceptors (Lipinski definition) is 3. The first-order valence-electron chi connectivity index (χ1n) is 8.57. The van der Waals surface area contributed by atoms with E-state index < -0.39 is 0 Å². The van der Waals surface area contributed by atoms with Crippen molar-refractivity contribution in [2.24, 2.45) is 0 Å². The number of rotatable bonds is 5. The van der Waals surface area contributed by atoms with Gasteiger partial charge in [0.1, 0.15) is 5.82 Å². The molecule has 2 unspecified atom stereocenters. The highest BCUT2D eigenvalue weighted by Gasteiger charge is 2.27. The minimum atomic E-state index is 0.441. The zero-order valence-electron chi connectivity index (χ0n) is 14.4. The van der Waals surface area contributed by atoms with E-state index in [1.54, 1.807) is 0 Å². The number of hydrogen-bond donors (Lipinski definition) is 1. The van der Waals surface area contributed by atoms with Gasteiger partial charge in [0.05, 0.1) is 11.7 Å². The van der Waals surface area contributed by atoms with Gasteiger partial charge in [-0.15, -0.1) is 0 Å². The minimum Gasteiger partial charge on any atom is -0.347 e. The highest BCUT2D eigenvalue weighted by atomic mass is 32.2. The van der Waals surface area contributed by atoms with Crippen molar-refractivity contribution >= 4 is 11.8 Å². The van der Waals surface area contributed by atoms with Gasteiger partial charge in [0.15, 0.2) is 0 Å². The average molecular weight is 330 g/mol. The number of nitrogens with zero attached hydrogens (tertiary/aromatic N) is 2. The molecule has 1 fully saturated rings. The van der Waals surface area contributed by atoms with Crippen LogP contribution < -0.4 is 0 Å². The van der Waals surface area contributed by atoms with Crippen molar-refractivity contribution < 1.29 is 0 Å². The van der Waals surface area contributed by atoms with Crippen LogP contribution in [-0.2, 0) is 0 Å². The van der Waals surface area contributed by atoms with Crippen molar-refractivity contribution in [1.82, 2.24) is 14.9 Å². The van der Waals surface area contributed by atoms with E-state index in [4.69, 9.17) is 4.98 Å². The van der Waals surface area contributed by atoms with Gasteiger partial charge in [0.25, 0.3) is 0 Å². The largest absolute Gasteiger partial charge is 0.347 e. The molecule has 0 aliphatic carbocycles. The zero-order valence-corrected chi connectivity index (χ0v) is 15.2. The third-order valence-electron chi connectivity index (χ3n) is 4.84. The Morgan fingerprint density at radius 1 is 1.35 bits per heavy atom. The fourth-order valence-corrected chi connectivity index (χ4v) is 3.77. The maximum Gasteiger partial charge on any atom is 0.124 e. The van der Waals surface area contributed by atoms with Gasteiger partial charge >= 0.3 is 0 Å². The maximum atomic E-state index is 4.94. The van der Waals surface area contributed by atoms with Crippen LogP contribution in [-0.4, -0.2) is 39.5 Å². The molecule has 23 heavy (non-hydrogen) atoms. The van der Waals surface area contributed by atoms with Crippen LogP contribution in [0.5, 0.6) is 0 Å². The second kappa shape index (κ2) is 7.54. The molecule has 2 atom stereocenters. The van der Waals surface area contributed by atoms with Crippen LogP contribution in [0.1, 0.15) is 43.6 Å². The lowest BCUT2D eigenvalue weighted by Crippen LogP contribution is -2.37. The molecule has 3 nitrogen and oxygen atoms in total. The van der Waals surface area contributed by atoms with Crippen LogP contribution in [0.3, 0.4) is 0 Å². The van der Waals surface area contributed by atoms with Crippen LogP contribution in [0.15, 0.2) is 30.5 Å². The number of benzene rings is 1. The summed E-state index contributed by atoms with van der Waals surface area (Å²) in [7, 11) is 0. The summed E-state index contributed by atoms with van der Waals surface area (Å²) in [5.41, 5.74) is 3.58. The van der Waals surface area contributed by atoms with Gasteiger partial charge < -0.3 is 4.98 Å². The predicted octanol–water partition coefficient (Wildman–Crippen LogP) is 4.66. The fourth-order valence-electron chi connectivity index (χ4n) is 3.43. The Labute approximate surface area is 143 Å². The van der Waals surface area contributed by atoms with Crippen molar-refractivity contribution in [2.45, 2.75) is 44.4 Å². The van der Waals surface area contributed by atoms with E-state index in [1.165, 1.54) is 36.9 Å². The molecule has 1 aromatic heterocycles. The lowest BCUT2D eigenvalue weighted by molar-refractivity contribution is 0.145. The summed E-state index contributed by atoms with van der Waals surface area (Å²) in [5, 5.41) is 0.668. The van der Waals surface area contributed by atoms with Crippen molar-refractivity contribution in [3.63, 3.8) is 0 Å². The van der Waals surface area contributed by atoms with Gasteiger partial charge in [-0.05, 0) is 38.1 Å². The number of nitrogens with one attached hydrogen (secondary N) is 1. The molecule has 2 aromatic rings. The quantitative estimate of drug-likeness (QED) is 0.865. The van der Waals surface area contributed by atoms with Gasteiger partial charge in [-0.25, -0.2) is 4.98 Å². The molecule has 1 aliphatic heterocycles. The summed E-state index contributed by atoms with van der Waals surface area (Å²) in [5.74, 6) is 1.14. The Hall–Kier alpha value is -1.26. The van der Waals surface area contributed by atoms with Gasteiger partial charge in [-0.1, -0.05) is 37.6 Å². The summed E-state index contributed by atoms with van der Waals surface area (Å²) < 4.78 is 0. The van der Waals surface area contributed by atoms with E-state index in [-0.39, 0.29) is 0 Å². The highest BCUT2D eigenvalue weighted by Crippen LogP contribution is 2.32. The highest BCUT2D eigenvalue weighted by molar-refractivity contribution is 7.99. The Kier molecular flexibility index (Phi) is 5.44. The van der Waals surface area contributed by atoms with Crippen LogP contribution in [0.25, 0.3) is 11.3 Å². The van der Waals surface area contributed by atoms with Crippen LogP contribution >= 0.6 is 11.8 Å². The van der Waals surface area contributed by atoms with Crippen molar-refractivity contribution in [3.8, 4) is 11.3 Å². The molecule has 1 N–H and O–H groups in total. The summed E-state index contributed by atoms with van der Waals surface area (Å²) in [6, 6.07) is 8.92. The third kappa shape index (κ3) is 3.81. The van der Waals surface area contributed by atoms with E-state index in [1.807, 2.05) is 11.8 Å². The molecule has 0 spiro atoms. The van der Waals surface area contributed by atoms with Gasteiger partial charge in [-0.2, -0.15) is 11.8 Å². The van der Waals surface area contributed by atoms with Gasteiger partial charge in [-0.3, -0.25) is 4.90 Å². The molecule has 0 saturated carbocycles. The smallest absolute Gasteiger partial charge is 0.124 e. The monoisotopic (exact) mass is 329 g/mol. The number of aromatic amines is 1. The zero-order chi connectivity index (χ0) is 16.2. The lowest BCUT2D eigenvalue weighted by Gasteiger charge is -2.35. The third-order valence-corrected chi connectivity index (χ3v) is 5.80. The number of H-pyrrole nitrogens is 1. The number of aryl methyl sites for hydroxylation is 1. The van der Waals surface area contributed by atoms with E-state index in [9.17, 15) is 0 Å². The number of imidazole rings is 1. The average Bonchev–Trinajstić information content (AvgIpc) is 3.05. The summed E-state index contributed by atoms with van der Waals surface area (Å²) in [6.07, 6.45) is 8.09. The minimum absolute atomic E-state index is 0.441. The van der Waals surface area contributed by atoms with Crippen molar-refractivity contribution in [2.75, 3.05) is 19.3 Å². The lowest BCUT2D eigenvalue weighted by atomic mass is 10.0. The first-order chi connectivity index (χ1) is 11.2. The summed E-state index contributed by atoms with van der Waals surface area (Å²) in [4.78, 5) is 11.0.